The van der Waals surface area contributed by atoms with Crippen LogP contribution in [0.1, 0.15) is 31.2 Å². The van der Waals surface area contributed by atoms with Gasteiger partial charge in [0, 0.05) is 18.8 Å². The number of hydrogen-bond acceptors (Lipinski definition) is 4. The second-order valence-electron chi connectivity index (χ2n) is 6.88. The van der Waals surface area contributed by atoms with E-state index in [1.807, 2.05) is 30.3 Å². The number of benzene rings is 1. The van der Waals surface area contributed by atoms with Gasteiger partial charge in [0.1, 0.15) is 6.54 Å². The predicted octanol–water partition coefficient (Wildman–Crippen LogP) is 0.868. The van der Waals surface area contributed by atoms with Gasteiger partial charge in [-0.05, 0) is 18.4 Å². The van der Waals surface area contributed by atoms with Crippen molar-refractivity contribution in [3.8, 4) is 0 Å². The summed E-state index contributed by atoms with van der Waals surface area (Å²) < 4.78 is 2.40. The van der Waals surface area contributed by atoms with E-state index in [-0.39, 0.29) is 24.9 Å². The van der Waals surface area contributed by atoms with Crippen molar-refractivity contribution in [2.24, 2.45) is 5.73 Å². The Balaban J connectivity index is 0.00000261. The monoisotopic (exact) mass is 392 g/mol. The van der Waals surface area contributed by atoms with Crippen LogP contribution >= 0.6 is 12.4 Å². The lowest BCUT2D eigenvalue weighted by Gasteiger charge is -2.28. The molecule has 1 heterocycles. The van der Waals surface area contributed by atoms with Crippen LogP contribution in [-0.2, 0) is 17.9 Å². The maximum atomic E-state index is 12.6. The Morgan fingerprint density at radius 2 is 1.78 bits per heavy atom. The zero-order chi connectivity index (χ0) is 18.6. The molecule has 0 radical (unpaired) electrons. The summed E-state index contributed by atoms with van der Waals surface area (Å²) in [6.45, 7) is 0.407. The second-order valence-corrected chi connectivity index (χ2v) is 6.88. The average molecular weight is 393 g/mol. The molecule has 0 unspecified atom stereocenters. The molecule has 1 amide bonds. The molecule has 1 aromatic heterocycles. The third-order valence-electron chi connectivity index (χ3n) is 4.99. The molecule has 0 saturated heterocycles. The minimum Gasteiger partial charge on any atom is -0.348 e. The fourth-order valence-corrected chi connectivity index (χ4v) is 3.51. The molecule has 1 aromatic carbocycles. The first kappa shape index (κ1) is 20.9. The van der Waals surface area contributed by atoms with E-state index in [1.54, 1.807) is 0 Å². The second kappa shape index (κ2) is 9.01. The van der Waals surface area contributed by atoms with Crippen molar-refractivity contribution >= 4 is 18.3 Å². The van der Waals surface area contributed by atoms with Gasteiger partial charge in [-0.15, -0.1) is 12.4 Å². The standard InChI is InChI=1S/C19H24N4O3.ClH/c20-14-19(9-4-5-10-19)21-16(24)13-23-17(25)8-11-22(18(23)26)12-15-6-2-1-3-7-15;/h1-3,6-8,11H,4-5,9-10,12-14,20H2,(H,21,24);1H. The van der Waals surface area contributed by atoms with Crippen molar-refractivity contribution < 1.29 is 4.79 Å². The maximum Gasteiger partial charge on any atom is 0.331 e. The van der Waals surface area contributed by atoms with E-state index >= 15 is 0 Å². The Morgan fingerprint density at radius 1 is 1.11 bits per heavy atom. The smallest absolute Gasteiger partial charge is 0.331 e. The number of halogens is 1. The van der Waals surface area contributed by atoms with Crippen molar-refractivity contribution in [2.75, 3.05) is 6.54 Å². The Labute approximate surface area is 163 Å². The van der Waals surface area contributed by atoms with Crippen molar-refractivity contribution in [2.45, 2.75) is 44.3 Å². The van der Waals surface area contributed by atoms with Gasteiger partial charge in [0.25, 0.3) is 5.56 Å². The van der Waals surface area contributed by atoms with Crippen molar-refractivity contribution in [1.82, 2.24) is 14.5 Å². The molecule has 8 heteroatoms. The summed E-state index contributed by atoms with van der Waals surface area (Å²) in [5.74, 6) is -0.353. The number of nitrogens with two attached hydrogens (primary N) is 1. The third-order valence-corrected chi connectivity index (χ3v) is 4.99. The number of aromatic nitrogens is 2. The van der Waals surface area contributed by atoms with Gasteiger partial charge >= 0.3 is 5.69 Å². The zero-order valence-corrected chi connectivity index (χ0v) is 15.9. The number of nitrogens with zero attached hydrogens (tertiary/aromatic N) is 2. The normalized spacial score (nSPS) is 15.1. The number of rotatable bonds is 6. The van der Waals surface area contributed by atoms with Gasteiger partial charge in [0.05, 0.1) is 12.1 Å². The van der Waals surface area contributed by atoms with Gasteiger partial charge in [-0.1, -0.05) is 43.2 Å². The molecule has 27 heavy (non-hydrogen) atoms. The molecule has 3 N–H and O–H groups in total. The van der Waals surface area contributed by atoms with Crippen molar-refractivity contribution in [1.29, 1.82) is 0 Å². The Kier molecular flexibility index (Phi) is 6.98. The van der Waals surface area contributed by atoms with Crippen LogP contribution < -0.4 is 22.3 Å². The summed E-state index contributed by atoms with van der Waals surface area (Å²) in [7, 11) is 0. The highest BCUT2D eigenvalue weighted by Gasteiger charge is 2.33. The fourth-order valence-electron chi connectivity index (χ4n) is 3.51. The van der Waals surface area contributed by atoms with E-state index < -0.39 is 16.8 Å². The van der Waals surface area contributed by atoms with Gasteiger partial charge in [-0.2, -0.15) is 0 Å². The number of carbonyl (C=O) groups is 1. The van der Waals surface area contributed by atoms with Crippen LogP contribution in [0.2, 0.25) is 0 Å². The largest absolute Gasteiger partial charge is 0.348 e. The summed E-state index contributed by atoms with van der Waals surface area (Å²) in [6, 6.07) is 10.8. The first-order valence-corrected chi connectivity index (χ1v) is 8.88. The minimum absolute atomic E-state index is 0. The molecule has 7 nitrogen and oxygen atoms in total. The first-order chi connectivity index (χ1) is 12.5. The molecule has 146 valence electrons. The van der Waals surface area contributed by atoms with E-state index in [2.05, 4.69) is 5.32 Å². The SMILES string of the molecule is Cl.NCC1(NC(=O)Cn2c(=O)ccn(Cc3ccccc3)c2=O)CCCC1. The Bertz CT molecular complexity index is 886. The highest BCUT2D eigenvalue weighted by Crippen LogP contribution is 2.28. The molecule has 0 atom stereocenters. The van der Waals surface area contributed by atoms with Crippen LogP contribution in [0.5, 0.6) is 0 Å². The fraction of sp³-hybridized carbons (Fsp3) is 0.421. The van der Waals surface area contributed by atoms with Crippen LogP contribution in [0.25, 0.3) is 0 Å². The molecular formula is C19H25ClN4O3. The molecule has 1 aliphatic rings. The van der Waals surface area contributed by atoms with E-state index in [9.17, 15) is 14.4 Å². The lowest BCUT2D eigenvalue weighted by molar-refractivity contribution is -0.123. The highest BCUT2D eigenvalue weighted by atomic mass is 35.5. The number of carbonyl (C=O) groups excluding carboxylic acids is 1. The molecule has 1 saturated carbocycles. The zero-order valence-electron chi connectivity index (χ0n) is 15.1. The molecule has 0 spiro atoms. The van der Waals surface area contributed by atoms with Crippen molar-refractivity contribution in [3.63, 3.8) is 0 Å². The molecule has 1 aliphatic carbocycles. The first-order valence-electron chi connectivity index (χ1n) is 8.88. The summed E-state index contributed by atoms with van der Waals surface area (Å²) >= 11 is 0. The van der Waals surface area contributed by atoms with E-state index in [0.29, 0.717) is 13.1 Å². The minimum atomic E-state index is -0.496. The number of amides is 1. The van der Waals surface area contributed by atoms with Crippen LogP contribution in [0.3, 0.4) is 0 Å². The van der Waals surface area contributed by atoms with Gasteiger partial charge < -0.3 is 11.1 Å². The van der Waals surface area contributed by atoms with Gasteiger partial charge in [0.15, 0.2) is 0 Å². The van der Waals surface area contributed by atoms with E-state index in [1.165, 1.54) is 16.8 Å². The molecular weight excluding hydrogens is 368 g/mol. The topological polar surface area (TPSA) is 99.1 Å². The van der Waals surface area contributed by atoms with E-state index in [4.69, 9.17) is 5.73 Å². The van der Waals surface area contributed by atoms with E-state index in [0.717, 1.165) is 35.8 Å². The molecule has 3 rings (SSSR count). The highest BCUT2D eigenvalue weighted by molar-refractivity contribution is 5.85. The molecule has 1 fully saturated rings. The van der Waals surface area contributed by atoms with Gasteiger partial charge in [-0.25, -0.2) is 4.79 Å². The Hall–Kier alpha value is -2.38. The average Bonchev–Trinajstić information content (AvgIpc) is 3.11. The maximum absolute atomic E-state index is 12.6. The summed E-state index contributed by atoms with van der Waals surface area (Å²) in [5, 5.41) is 2.94. The lowest BCUT2D eigenvalue weighted by atomic mass is 9.98. The molecule has 0 bridgehead atoms. The summed E-state index contributed by atoms with van der Waals surface area (Å²) in [5.41, 5.74) is 5.39. The van der Waals surface area contributed by atoms with Gasteiger partial charge in [0.2, 0.25) is 5.91 Å². The quantitative estimate of drug-likeness (QED) is 0.761. The molecule has 0 aliphatic heterocycles. The third kappa shape index (κ3) is 4.87. The van der Waals surface area contributed by atoms with Crippen LogP contribution in [-0.4, -0.2) is 27.1 Å². The van der Waals surface area contributed by atoms with Crippen LogP contribution in [0, 0.1) is 0 Å². The van der Waals surface area contributed by atoms with Gasteiger partial charge in [-0.3, -0.25) is 18.7 Å². The predicted molar refractivity (Wildman–Crippen MR) is 106 cm³/mol. The van der Waals surface area contributed by atoms with Crippen molar-refractivity contribution in [3.05, 3.63) is 69.0 Å². The summed E-state index contributed by atoms with van der Waals surface area (Å²) in [4.78, 5) is 37.2. The van der Waals surface area contributed by atoms with Crippen LogP contribution in [0.15, 0.2) is 52.2 Å². The Morgan fingerprint density at radius 3 is 2.41 bits per heavy atom. The number of hydrogen-bond donors (Lipinski definition) is 2. The number of nitrogens with one attached hydrogen (secondary N) is 1. The van der Waals surface area contributed by atoms with Crippen LogP contribution in [0.4, 0.5) is 0 Å². The lowest BCUT2D eigenvalue weighted by Crippen LogP contribution is -2.54. The summed E-state index contributed by atoms with van der Waals surface area (Å²) in [6.07, 6.45) is 5.16. The molecule has 2 aromatic rings.